The molecule has 2 aromatic rings. The van der Waals surface area contributed by atoms with Crippen LogP contribution >= 0.6 is 0 Å². The molecule has 0 bridgehead atoms. The number of nitrogens with zero attached hydrogens (tertiary/aromatic N) is 3. The van der Waals surface area contributed by atoms with E-state index in [2.05, 4.69) is 9.89 Å². The molecule has 122 valence electrons. The van der Waals surface area contributed by atoms with Crippen molar-refractivity contribution in [1.29, 1.82) is 0 Å². The van der Waals surface area contributed by atoms with Crippen LogP contribution in [0.4, 0.5) is 11.4 Å². The summed E-state index contributed by atoms with van der Waals surface area (Å²) in [4.78, 5) is 30.5. The number of amides is 1. The lowest BCUT2D eigenvalue weighted by Gasteiger charge is -2.36. The molecule has 5 nitrogen and oxygen atoms in total. The van der Waals surface area contributed by atoms with Gasteiger partial charge in [-0.3, -0.25) is 4.79 Å². The van der Waals surface area contributed by atoms with E-state index in [1.165, 1.54) is 6.08 Å². The number of isocyanates is 1. The molecule has 1 fully saturated rings. The van der Waals surface area contributed by atoms with Gasteiger partial charge in [-0.05, 0) is 43.3 Å². The second-order valence-electron chi connectivity index (χ2n) is 5.86. The lowest BCUT2D eigenvalue weighted by molar-refractivity contribution is 0.0747. The van der Waals surface area contributed by atoms with E-state index in [1.807, 2.05) is 48.2 Å². The Morgan fingerprint density at radius 3 is 2.17 bits per heavy atom. The first-order valence-electron chi connectivity index (χ1n) is 7.96. The third-order valence-electron chi connectivity index (χ3n) is 4.26. The molecule has 0 unspecified atom stereocenters. The van der Waals surface area contributed by atoms with Crippen LogP contribution in [-0.4, -0.2) is 43.1 Å². The van der Waals surface area contributed by atoms with E-state index in [9.17, 15) is 9.59 Å². The highest BCUT2D eigenvalue weighted by Crippen LogP contribution is 2.21. The number of carbonyl (C=O) groups is 1. The molecule has 0 saturated carbocycles. The van der Waals surface area contributed by atoms with Gasteiger partial charge in [-0.1, -0.05) is 17.7 Å². The predicted octanol–water partition coefficient (Wildman–Crippen LogP) is 2.92. The van der Waals surface area contributed by atoms with Crippen molar-refractivity contribution < 1.29 is 9.59 Å². The highest BCUT2D eigenvalue weighted by atomic mass is 16.2. The Hall–Kier alpha value is -2.91. The summed E-state index contributed by atoms with van der Waals surface area (Å²) < 4.78 is 0. The van der Waals surface area contributed by atoms with Gasteiger partial charge in [-0.25, -0.2) is 4.79 Å². The minimum absolute atomic E-state index is 0.0883. The van der Waals surface area contributed by atoms with Gasteiger partial charge < -0.3 is 9.80 Å². The normalized spacial score (nSPS) is 14.2. The molecule has 0 aromatic heterocycles. The largest absolute Gasteiger partial charge is 0.368 e. The molecule has 0 N–H and O–H groups in total. The second-order valence-corrected chi connectivity index (χ2v) is 5.86. The van der Waals surface area contributed by atoms with Crippen LogP contribution in [0.1, 0.15) is 15.9 Å². The molecule has 2 aromatic carbocycles. The first-order valence-corrected chi connectivity index (χ1v) is 7.96. The fourth-order valence-electron chi connectivity index (χ4n) is 2.84. The van der Waals surface area contributed by atoms with Gasteiger partial charge in [0.1, 0.15) is 0 Å². The zero-order chi connectivity index (χ0) is 16.9. The van der Waals surface area contributed by atoms with E-state index in [0.29, 0.717) is 18.8 Å². The molecule has 0 spiro atoms. The number of piperazine rings is 1. The zero-order valence-corrected chi connectivity index (χ0v) is 13.6. The van der Waals surface area contributed by atoms with Gasteiger partial charge in [0.15, 0.2) is 0 Å². The molecule has 0 atom stereocenters. The Bertz CT molecular complexity index is 754. The first kappa shape index (κ1) is 16.0. The minimum Gasteiger partial charge on any atom is -0.368 e. The van der Waals surface area contributed by atoms with Crippen molar-refractivity contribution in [3.05, 3.63) is 59.7 Å². The lowest BCUT2D eigenvalue weighted by Crippen LogP contribution is -2.48. The number of benzene rings is 2. The topological polar surface area (TPSA) is 53.0 Å². The second kappa shape index (κ2) is 7.11. The molecule has 24 heavy (non-hydrogen) atoms. The molecule has 1 aliphatic rings. The highest BCUT2D eigenvalue weighted by Gasteiger charge is 2.22. The maximum atomic E-state index is 12.5. The van der Waals surface area contributed by atoms with E-state index in [4.69, 9.17) is 0 Å². The van der Waals surface area contributed by atoms with Crippen LogP contribution < -0.4 is 4.90 Å². The number of rotatable bonds is 3. The van der Waals surface area contributed by atoms with Crippen LogP contribution in [-0.2, 0) is 4.79 Å². The average Bonchev–Trinajstić information content (AvgIpc) is 2.63. The molecular weight excluding hydrogens is 302 g/mol. The van der Waals surface area contributed by atoms with Crippen molar-refractivity contribution in [2.24, 2.45) is 4.99 Å². The summed E-state index contributed by atoms with van der Waals surface area (Å²) in [5.74, 6) is 0.0883. The van der Waals surface area contributed by atoms with Crippen molar-refractivity contribution in [3.8, 4) is 0 Å². The van der Waals surface area contributed by atoms with Gasteiger partial charge in [0.05, 0.1) is 5.69 Å². The number of aliphatic imine (C=N–C) groups is 1. The van der Waals surface area contributed by atoms with Gasteiger partial charge in [0.25, 0.3) is 5.91 Å². The zero-order valence-electron chi connectivity index (χ0n) is 13.6. The molecule has 1 saturated heterocycles. The van der Waals surface area contributed by atoms with Crippen LogP contribution in [0, 0.1) is 6.92 Å². The third kappa shape index (κ3) is 3.53. The van der Waals surface area contributed by atoms with Gasteiger partial charge in [0, 0.05) is 37.4 Å². The van der Waals surface area contributed by atoms with Crippen molar-refractivity contribution in [3.63, 3.8) is 0 Å². The SMILES string of the molecule is Cc1ccc(C(=O)N2CCN(c3ccc(N=C=O)cc3)CC2)cc1. The molecule has 3 rings (SSSR count). The molecule has 1 aliphatic heterocycles. The standard InChI is InChI=1S/C19H19N3O2/c1-15-2-4-16(5-3-15)19(24)22-12-10-21(11-13-22)18-8-6-17(7-9-18)20-14-23/h2-9H,10-13H2,1H3. The Labute approximate surface area is 141 Å². The van der Waals surface area contributed by atoms with Crippen LogP contribution in [0.3, 0.4) is 0 Å². The summed E-state index contributed by atoms with van der Waals surface area (Å²) in [6.45, 7) is 4.97. The molecule has 0 aliphatic carbocycles. The summed E-state index contributed by atoms with van der Waals surface area (Å²) >= 11 is 0. The number of carbonyl (C=O) groups excluding carboxylic acids is 2. The fourth-order valence-corrected chi connectivity index (χ4v) is 2.84. The van der Waals surface area contributed by atoms with Crippen LogP contribution in [0.15, 0.2) is 53.5 Å². The lowest BCUT2D eigenvalue weighted by atomic mass is 10.1. The van der Waals surface area contributed by atoms with Crippen LogP contribution in [0.25, 0.3) is 0 Å². The Morgan fingerprint density at radius 1 is 0.958 bits per heavy atom. The quantitative estimate of drug-likeness (QED) is 0.645. The molecule has 5 heteroatoms. The van der Waals surface area contributed by atoms with E-state index in [0.717, 1.165) is 29.9 Å². The van der Waals surface area contributed by atoms with Gasteiger partial charge in [0.2, 0.25) is 6.08 Å². The summed E-state index contributed by atoms with van der Waals surface area (Å²) in [5.41, 5.74) is 3.56. The van der Waals surface area contributed by atoms with Crippen LogP contribution in [0.5, 0.6) is 0 Å². The number of anilines is 1. The summed E-state index contributed by atoms with van der Waals surface area (Å²) in [7, 11) is 0. The summed E-state index contributed by atoms with van der Waals surface area (Å²) in [6.07, 6.45) is 1.54. The third-order valence-corrected chi connectivity index (χ3v) is 4.26. The Balaban J connectivity index is 1.61. The molecule has 0 radical (unpaired) electrons. The van der Waals surface area contributed by atoms with E-state index >= 15 is 0 Å². The van der Waals surface area contributed by atoms with Crippen molar-refractivity contribution in [1.82, 2.24) is 4.90 Å². The number of hydrogen-bond donors (Lipinski definition) is 0. The summed E-state index contributed by atoms with van der Waals surface area (Å²) in [5, 5.41) is 0. The van der Waals surface area contributed by atoms with Crippen molar-refractivity contribution >= 4 is 23.4 Å². The molecule has 1 heterocycles. The monoisotopic (exact) mass is 321 g/mol. The molecule has 1 amide bonds. The minimum atomic E-state index is 0.0883. The van der Waals surface area contributed by atoms with Crippen molar-refractivity contribution in [2.45, 2.75) is 6.92 Å². The number of aryl methyl sites for hydroxylation is 1. The highest BCUT2D eigenvalue weighted by molar-refractivity contribution is 5.94. The van der Waals surface area contributed by atoms with E-state index in [1.54, 1.807) is 12.1 Å². The van der Waals surface area contributed by atoms with Gasteiger partial charge in [-0.2, -0.15) is 4.99 Å². The average molecular weight is 321 g/mol. The molecular formula is C19H19N3O2. The Morgan fingerprint density at radius 2 is 1.58 bits per heavy atom. The smallest absolute Gasteiger partial charge is 0.253 e. The van der Waals surface area contributed by atoms with E-state index in [-0.39, 0.29) is 5.91 Å². The van der Waals surface area contributed by atoms with Gasteiger partial charge >= 0.3 is 0 Å². The first-order chi connectivity index (χ1) is 11.7. The number of hydrogen-bond acceptors (Lipinski definition) is 4. The van der Waals surface area contributed by atoms with Gasteiger partial charge in [-0.15, -0.1) is 0 Å². The maximum absolute atomic E-state index is 12.5. The van der Waals surface area contributed by atoms with Crippen LogP contribution in [0.2, 0.25) is 0 Å². The Kier molecular flexibility index (Phi) is 4.73. The predicted molar refractivity (Wildman–Crippen MR) is 93.5 cm³/mol. The summed E-state index contributed by atoms with van der Waals surface area (Å²) in [6, 6.07) is 15.2. The fraction of sp³-hybridized carbons (Fsp3) is 0.263. The van der Waals surface area contributed by atoms with E-state index < -0.39 is 0 Å². The maximum Gasteiger partial charge on any atom is 0.253 e. The van der Waals surface area contributed by atoms with Crippen molar-refractivity contribution in [2.75, 3.05) is 31.1 Å².